The van der Waals surface area contributed by atoms with Gasteiger partial charge < -0.3 is 18.1 Å². The maximum absolute atomic E-state index is 9.22. The average molecular weight is 803 g/mol. The molecule has 0 bridgehead atoms. The molecule has 0 aliphatic heterocycles. The zero-order valence-electron chi connectivity index (χ0n) is 37.2. The molecule has 0 atom stereocenters. The van der Waals surface area contributed by atoms with E-state index in [0.29, 0.717) is 6.26 Å². The molecule has 0 radical (unpaired) electrons. The Morgan fingerprint density at radius 3 is 0.623 bits per heavy atom. The van der Waals surface area contributed by atoms with Crippen molar-refractivity contribution in [1.82, 2.24) is 0 Å². The van der Waals surface area contributed by atoms with Crippen LogP contribution in [0.25, 0.3) is 0 Å². The SMILES string of the molecule is CCCCCCCCCCCCCCCCCC[N+](C)(C)C.CCCCCCCCCCCCCCCC[N+](C)(C)C.COS(=O)(=O)[O-].CS(=O)(=O)[O-]. The zero-order chi connectivity index (χ0) is 41.3. The molecule has 0 spiro atoms. The summed E-state index contributed by atoms with van der Waals surface area (Å²) in [4.78, 5) is 0. The van der Waals surface area contributed by atoms with Crippen LogP contribution in [-0.4, -0.2) is 104 Å². The first-order valence-electron chi connectivity index (χ1n) is 21.7. The van der Waals surface area contributed by atoms with Crippen LogP contribution in [0.1, 0.15) is 206 Å². The molecule has 0 heterocycles. The zero-order valence-corrected chi connectivity index (χ0v) is 38.8. The molecule has 0 saturated heterocycles. The molecule has 0 unspecified atom stereocenters. The van der Waals surface area contributed by atoms with E-state index in [4.69, 9.17) is 13.0 Å². The lowest BCUT2D eigenvalue weighted by Gasteiger charge is -2.23. The first-order valence-corrected chi connectivity index (χ1v) is 24.9. The summed E-state index contributed by atoms with van der Waals surface area (Å²) in [6.07, 6.45) is 44.3. The summed E-state index contributed by atoms with van der Waals surface area (Å²) in [6.45, 7) is 7.25. The van der Waals surface area contributed by atoms with Gasteiger partial charge in [0.15, 0.2) is 0 Å². The van der Waals surface area contributed by atoms with Gasteiger partial charge in [0.05, 0.1) is 72.6 Å². The molecule has 0 aliphatic carbocycles. The molecule has 0 aromatic rings. The molecule has 0 fully saturated rings. The maximum Gasteiger partial charge on any atom is 0.217 e. The molecule has 0 saturated carbocycles. The van der Waals surface area contributed by atoms with Crippen LogP contribution < -0.4 is 0 Å². The Morgan fingerprint density at radius 2 is 0.509 bits per heavy atom. The van der Waals surface area contributed by atoms with Crippen LogP contribution in [0.2, 0.25) is 0 Å². The van der Waals surface area contributed by atoms with Crippen LogP contribution in [-0.2, 0) is 24.7 Å². The second-order valence-corrected chi connectivity index (χ2v) is 19.8. The number of rotatable bonds is 33. The number of hydrogen-bond donors (Lipinski definition) is 0. The topological polar surface area (TPSA) is 124 Å². The van der Waals surface area contributed by atoms with Crippen molar-refractivity contribution in [1.29, 1.82) is 0 Å². The molecular formula is C42H94N2O7S2. The van der Waals surface area contributed by atoms with Crippen LogP contribution in [0.5, 0.6) is 0 Å². The van der Waals surface area contributed by atoms with E-state index < -0.39 is 20.5 Å². The Balaban J connectivity index is -0.000000354. The Hall–Kier alpha value is -0.300. The van der Waals surface area contributed by atoms with E-state index >= 15 is 0 Å². The molecule has 326 valence electrons. The van der Waals surface area contributed by atoms with Crippen LogP contribution in [0.15, 0.2) is 0 Å². The van der Waals surface area contributed by atoms with Gasteiger partial charge in [-0.05, 0) is 25.7 Å². The highest BCUT2D eigenvalue weighted by Gasteiger charge is 2.06. The second kappa shape index (κ2) is 41.3. The molecular weight excluding hydrogens is 709 g/mol. The summed E-state index contributed by atoms with van der Waals surface area (Å²) in [5.41, 5.74) is 0. The summed E-state index contributed by atoms with van der Waals surface area (Å²) in [5.74, 6) is 0. The number of quaternary nitrogens is 2. The van der Waals surface area contributed by atoms with Crippen molar-refractivity contribution in [3.05, 3.63) is 0 Å². The van der Waals surface area contributed by atoms with Gasteiger partial charge >= 0.3 is 0 Å². The van der Waals surface area contributed by atoms with Gasteiger partial charge in [0, 0.05) is 6.26 Å². The summed E-state index contributed by atoms with van der Waals surface area (Å²) in [5, 5.41) is 0. The van der Waals surface area contributed by atoms with Gasteiger partial charge in [0.2, 0.25) is 10.4 Å². The van der Waals surface area contributed by atoms with E-state index in [1.165, 1.54) is 206 Å². The lowest BCUT2D eigenvalue weighted by molar-refractivity contribution is -0.870. The largest absolute Gasteiger partial charge is 0.748 e. The molecule has 9 nitrogen and oxygen atoms in total. The normalized spacial score (nSPS) is 11.9. The predicted molar refractivity (Wildman–Crippen MR) is 228 cm³/mol. The molecule has 0 aromatic carbocycles. The fraction of sp³-hybridized carbons (Fsp3) is 1.00. The van der Waals surface area contributed by atoms with E-state index in [1.807, 2.05) is 0 Å². The molecule has 0 amide bonds. The summed E-state index contributed by atoms with van der Waals surface area (Å²) in [7, 11) is 6.25. The van der Waals surface area contributed by atoms with Crippen LogP contribution in [0.4, 0.5) is 0 Å². The van der Waals surface area contributed by atoms with E-state index in [2.05, 4.69) is 60.3 Å². The van der Waals surface area contributed by atoms with Gasteiger partial charge in [-0.15, -0.1) is 0 Å². The van der Waals surface area contributed by atoms with Crippen molar-refractivity contribution < 1.29 is 39.1 Å². The van der Waals surface area contributed by atoms with Crippen molar-refractivity contribution in [3.63, 3.8) is 0 Å². The Kier molecular flexibility index (Phi) is 46.3. The van der Waals surface area contributed by atoms with Crippen LogP contribution in [0.3, 0.4) is 0 Å². The Bertz CT molecular complexity index is 909. The summed E-state index contributed by atoms with van der Waals surface area (Å²) < 4.78 is 60.5. The fourth-order valence-electron chi connectivity index (χ4n) is 5.91. The monoisotopic (exact) mass is 803 g/mol. The van der Waals surface area contributed by atoms with Crippen LogP contribution >= 0.6 is 0 Å². The number of unbranched alkanes of at least 4 members (excludes halogenated alkanes) is 28. The average Bonchev–Trinajstić information content (AvgIpc) is 3.03. The van der Waals surface area contributed by atoms with E-state index in [0.717, 1.165) is 16.1 Å². The van der Waals surface area contributed by atoms with Gasteiger partial charge in [-0.25, -0.2) is 16.8 Å². The van der Waals surface area contributed by atoms with Crippen molar-refractivity contribution >= 4 is 20.5 Å². The molecule has 0 rings (SSSR count). The highest BCUT2D eigenvalue weighted by Crippen LogP contribution is 2.15. The van der Waals surface area contributed by atoms with Crippen molar-refractivity contribution in [3.8, 4) is 0 Å². The summed E-state index contributed by atoms with van der Waals surface area (Å²) in [6, 6.07) is 0. The third kappa shape index (κ3) is 85.3. The van der Waals surface area contributed by atoms with Crippen molar-refractivity contribution in [2.45, 2.75) is 206 Å². The van der Waals surface area contributed by atoms with Crippen molar-refractivity contribution in [2.75, 3.05) is 68.7 Å². The highest BCUT2D eigenvalue weighted by molar-refractivity contribution is 7.84. The fourth-order valence-corrected chi connectivity index (χ4v) is 5.91. The molecule has 0 N–H and O–H groups in total. The highest BCUT2D eigenvalue weighted by atomic mass is 32.3. The third-order valence-electron chi connectivity index (χ3n) is 9.07. The minimum absolute atomic E-state index is 0.604. The van der Waals surface area contributed by atoms with Gasteiger partial charge in [-0.2, -0.15) is 0 Å². The van der Waals surface area contributed by atoms with Crippen LogP contribution in [0, 0.1) is 0 Å². The minimum Gasteiger partial charge on any atom is -0.748 e. The lowest BCUT2D eigenvalue weighted by Crippen LogP contribution is -2.35. The minimum atomic E-state index is -4.41. The predicted octanol–water partition coefficient (Wildman–Crippen LogP) is 11.4. The van der Waals surface area contributed by atoms with Crippen molar-refractivity contribution in [2.24, 2.45) is 0 Å². The molecule has 11 heteroatoms. The summed E-state index contributed by atoms with van der Waals surface area (Å²) >= 11 is 0. The van der Waals surface area contributed by atoms with E-state index in [-0.39, 0.29) is 0 Å². The van der Waals surface area contributed by atoms with E-state index in [9.17, 15) is 13.0 Å². The number of nitrogens with zero attached hydrogens (tertiary/aromatic N) is 2. The quantitative estimate of drug-likeness (QED) is 0.0280. The Morgan fingerprint density at radius 1 is 0.377 bits per heavy atom. The standard InChI is InChI=1S/C21H46N.C19H42N.CH4O4S.CH4O3S/c1-5-6-7-8-9-10-11-12-13-14-15-16-17-18-19-20-21-22(2,3)4;1-5-6-7-8-9-10-11-12-13-14-15-16-17-18-19-20(2,3)4;1-5-6(2,3)4;1-5(2,3)4/h5-21H2,1-4H3;5-19H2,1-4H3;1H3,(H,2,3,4);1H3,(H,2,3,4)/q2*+1;;/p-2. The molecule has 0 aliphatic rings. The third-order valence-corrected chi connectivity index (χ3v) is 9.48. The first kappa shape index (κ1) is 59.4. The second-order valence-electron chi connectivity index (χ2n) is 17.2. The van der Waals surface area contributed by atoms with Gasteiger partial charge in [-0.3, -0.25) is 4.18 Å². The molecule has 0 aromatic heterocycles. The van der Waals surface area contributed by atoms with Gasteiger partial charge in [0.25, 0.3) is 0 Å². The lowest BCUT2D eigenvalue weighted by atomic mass is 10.0. The van der Waals surface area contributed by atoms with E-state index in [1.54, 1.807) is 0 Å². The van der Waals surface area contributed by atoms with Gasteiger partial charge in [-0.1, -0.05) is 181 Å². The first-order chi connectivity index (χ1) is 24.7. The Labute approximate surface area is 333 Å². The molecule has 53 heavy (non-hydrogen) atoms. The number of hydrogen-bond acceptors (Lipinski definition) is 7. The maximum atomic E-state index is 9.22. The van der Waals surface area contributed by atoms with Gasteiger partial charge in [0.1, 0.15) is 0 Å². The smallest absolute Gasteiger partial charge is 0.217 e.